The van der Waals surface area contributed by atoms with Gasteiger partial charge in [0, 0.05) is 36.6 Å². The van der Waals surface area contributed by atoms with Crippen molar-refractivity contribution >= 4 is 0 Å². The first-order valence-corrected chi connectivity index (χ1v) is 7.24. The van der Waals surface area contributed by atoms with Gasteiger partial charge in [-0.1, -0.05) is 0 Å². The van der Waals surface area contributed by atoms with Crippen LogP contribution in [0, 0.1) is 13.8 Å². The molecule has 7 heteroatoms. The average molecular weight is 319 g/mol. The highest BCUT2D eigenvalue weighted by molar-refractivity contribution is 5.41. The van der Waals surface area contributed by atoms with E-state index in [9.17, 15) is 20.4 Å². The van der Waals surface area contributed by atoms with Crippen molar-refractivity contribution in [3.63, 3.8) is 0 Å². The second kappa shape index (κ2) is 7.36. The van der Waals surface area contributed by atoms with Gasteiger partial charge in [0.25, 0.3) is 0 Å². The van der Waals surface area contributed by atoms with E-state index in [2.05, 4.69) is 15.3 Å². The molecule has 7 nitrogen and oxygen atoms in total. The molecular weight excluding hydrogens is 298 g/mol. The fourth-order valence-corrected chi connectivity index (χ4v) is 2.36. The zero-order valence-corrected chi connectivity index (χ0v) is 13.2. The number of hydrogen-bond donors (Lipinski definition) is 5. The maximum Gasteiger partial charge on any atom is 0.142 e. The molecular formula is C16H21N3O4. The standard InChI is InChI=1S/C16H21N3O4/c1-9-15(22)13(7-20)11(5-18-9)3-17-4-12-6-19-10(2)16(23)14(12)8-21/h5-6,17,20-23H,3-4,7-8H2,1-2H3. The zero-order chi connectivity index (χ0) is 17.0. The molecule has 0 aromatic carbocycles. The van der Waals surface area contributed by atoms with Gasteiger partial charge in [0.15, 0.2) is 0 Å². The number of aliphatic hydroxyl groups excluding tert-OH is 2. The average Bonchev–Trinajstić information content (AvgIpc) is 2.54. The third kappa shape index (κ3) is 3.58. The lowest BCUT2D eigenvalue weighted by Gasteiger charge is -2.14. The molecule has 124 valence electrons. The predicted molar refractivity (Wildman–Crippen MR) is 83.7 cm³/mol. The summed E-state index contributed by atoms with van der Waals surface area (Å²) in [7, 11) is 0. The quantitative estimate of drug-likeness (QED) is 0.534. The van der Waals surface area contributed by atoms with E-state index >= 15 is 0 Å². The highest BCUT2D eigenvalue weighted by atomic mass is 16.3. The van der Waals surface area contributed by atoms with E-state index in [0.717, 1.165) is 0 Å². The van der Waals surface area contributed by atoms with Gasteiger partial charge in [-0.15, -0.1) is 0 Å². The SMILES string of the molecule is Cc1ncc(CNCc2cnc(C)c(O)c2CO)c(CO)c1O. The molecule has 0 unspecified atom stereocenters. The smallest absolute Gasteiger partial charge is 0.142 e. The molecule has 0 fully saturated rings. The summed E-state index contributed by atoms with van der Waals surface area (Å²) in [6.45, 7) is 3.52. The number of nitrogens with one attached hydrogen (secondary N) is 1. The van der Waals surface area contributed by atoms with Gasteiger partial charge in [-0.3, -0.25) is 9.97 Å². The van der Waals surface area contributed by atoms with Crippen molar-refractivity contribution in [1.82, 2.24) is 15.3 Å². The van der Waals surface area contributed by atoms with Crippen LogP contribution < -0.4 is 5.32 Å². The number of hydrogen-bond acceptors (Lipinski definition) is 7. The van der Waals surface area contributed by atoms with Crippen molar-refractivity contribution in [3.8, 4) is 11.5 Å². The zero-order valence-electron chi connectivity index (χ0n) is 13.2. The Balaban J connectivity index is 2.12. The molecule has 0 saturated heterocycles. The number of rotatable bonds is 6. The summed E-state index contributed by atoms with van der Waals surface area (Å²) in [5.41, 5.74) is 3.19. The minimum absolute atomic E-state index is 0.00232. The molecule has 2 rings (SSSR count). The van der Waals surface area contributed by atoms with Crippen molar-refractivity contribution in [2.75, 3.05) is 0 Å². The Labute approximate surface area is 134 Å². The minimum atomic E-state index is -0.277. The van der Waals surface area contributed by atoms with E-state index in [-0.39, 0.29) is 24.7 Å². The van der Waals surface area contributed by atoms with E-state index in [4.69, 9.17) is 0 Å². The summed E-state index contributed by atoms with van der Waals surface area (Å²) in [4.78, 5) is 8.16. The van der Waals surface area contributed by atoms with Gasteiger partial charge in [0.2, 0.25) is 0 Å². The van der Waals surface area contributed by atoms with Crippen molar-refractivity contribution in [2.45, 2.75) is 40.2 Å². The van der Waals surface area contributed by atoms with Crippen molar-refractivity contribution in [3.05, 3.63) is 46.0 Å². The third-order valence-corrected chi connectivity index (χ3v) is 3.81. The summed E-state index contributed by atoms with van der Waals surface area (Å²) in [6.07, 6.45) is 3.21. The molecule has 23 heavy (non-hydrogen) atoms. The van der Waals surface area contributed by atoms with E-state index in [1.165, 1.54) is 0 Å². The molecule has 5 N–H and O–H groups in total. The predicted octanol–water partition coefficient (Wildman–Crippen LogP) is 0.779. The van der Waals surface area contributed by atoms with Gasteiger partial charge < -0.3 is 25.7 Å². The Morgan fingerprint density at radius 3 is 1.57 bits per heavy atom. The largest absolute Gasteiger partial charge is 0.506 e. The summed E-state index contributed by atoms with van der Waals surface area (Å²) in [5.74, 6) is -0.00464. The van der Waals surface area contributed by atoms with Gasteiger partial charge in [-0.2, -0.15) is 0 Å². The maximum absolute atomic E-state index is 9.92. The number of aromatic nitrogens is 2. The van der Waals surface area contributed by atoms with Crippen LogP contribution in [0.4, 0.5) is 0 Å². The molecule has 2 aromatic rings. The van der Waals surface area contributed by atoms with E-state index in [1.807, 2.05) is 0 Å². The lowest BCUT2D eigenvalue weighted by molar-refractivity contribution is 0.272. The Morgan fingerprint density at radius 1 is 0.826 bits per heavy atom. The highest BCUT2D eigenvalue weighted by Gasteiger charge is 2.13. The van der Waals surface area contributed by atoms with Crippen molar-refractivity contribution < 1.29 is 20.4 Å². The molecule has 0 aliphatic rings. The lowest BCUT2D eigenvalue weighted by Crippen LogP contribution is -2.16. The first-order valence-electron chi connectivity index (χ1n) is 7.24. The molecule has 0 saturated carbocycles. The first-order chi connectivity index (χ1) is 11.0. The molecule has 0 spiro atoms. The Bertz CT molecular complexity index is 645. The van der Waals surface area contributed by atoms with Crippen molar-refractivity contribution in [1.29, 1.82) is 0 Å². The minimum Gasteiger partial charge on any atom is -0.506 e. The molecule has 0 atom stereocenters. The van der Waals surface area contributed by atoms with Crippen LogP contribution in [0.3, 0.4) is 0 Å². The number of pyridine rings is 2. The van der Waals surface area contributed by atoms with Crippen molar-refractivity contribution in [2.24, 2.45) is 0 Å². The lowest BCUT2D eigenvalue weighted by atomic mass is 10.1. The molecule has 2 aromatic heterocycles. The molecule has 2 heterocycles. The Morgan fingerprint density at radius 2 is 1.22 bits per heavy atom. The molecule has 0 aliphatic heterocycles. The summed E-state index contributed by atoms with van der Waals surface area (Å²) in [6, 6.07) is 0. The molecule has 0 bridgehead atoms. The van der Waals surface area contributed by atoms with E-state index < -0.39 is 0 Å². The number of aryl methyl sites for hydroxylation is 2. The Kier molecular flexibility index (Phi) is 5.49. The summed E-state index contributed by atoms with van der Waals surface area (Å²) < 4.78 is 0. The van der Waals surface area contributed by atoms with Crippen LogP contribution in [0.1, 0.15) is 33.6 Å². The van der Waals surface area contributed by atoms with Crippen LogP contribution in [0.25, 0.3) is 0 Å². The van der Waals surface area contributed by atoms with Gasteiger partial charge in [-0.25, -0.2) is 0 Å². The molecule has 0 aliphatic carbocycles. The monoisotopic (exact) mass is 319 g/mol. The third-order valence-electron chi connectivity index (χ3n) is 3.81. The van der Waals surface area contributed by atoms with Gasteiger partial charge >= 0.3 is 0 Å². The second-order valence-corrected chi connectivity index (χ2v) is 5.31. The fraction of sp³-hybridized carbons (Fsp3) is 0.375. The van der Waals surface area contributed by atoms with E-state index in [0.29, 0.717) is 46.7 Å². The second-order valence-electron chi connectivity index (χ2n) is 5.31. The van der Waals surface area contributed by atoms with Gasteiger partial charge in [0.05, 0.1) is 24.6 Å². The number of aromatic hydroxyl groups is 2. The molecule has 0 radical (unpaired) electrons. The first kappa shape index (κ1) is 17.1. The van der Waals surface area contributed by atoms with Crippen LogP contribution in [0.2, 0.25) is 0 Å². The number of nitrogens with zero attached hydrogens (tertiary/aromatic N) is 2. The van der Waals surface area contributed by atoms with Crippen LogP contribution in [-0.2, 0) is 26.3 Å². The topological polar surface area (TPSA) is 119 Å². The van der Waals surface area contributed by atoms with E-state index in [1.54, 1.807) is 26.2 Å². The summed E-state index contributed by atoms with van der Waals surface area (Å²) in [5, 5.41) is 41.8. The van der Waals surface area contributed by atoms with Crippen LogP contribution in [0.15, 0.2) is 12.4 Å². The fourth-order valence-electron chi connectivity index (χ4n) is 2.36. The summed E-state index contributed by atoms with van der Waals surface area (Å²) >= 11 is 0. The number of aliphatic hydroxyl groups is 2. The maximum atomic E-state index is 9.92. The Hall–Kier alpha value is -2.22. The van der Waals surface area contributed by atoms with Crippen LogP contribution >= 0.6 is 0 Å². The molecule has 0 amide bonds. The van der Waals surface area contributed by atoms with Crippen LogP contribution in [0.5, 0.6) is 11.5 Å². The van der Waals surface area contributed by atoms with Gasteiger partial charge in [-0.05, 0) is 25.0 Å². The van der Waals surface area contributed by atoms with Crippen LogP contribution in [-0.4, -0.2) is 30.4 Å². The normalized spacial score (nSPS) is 11.0. The van der Waals surface area contributed by atoms with Gasteiger partial charge in [0.1, 0.15) is 11.5 Å². The highest BCUT2D eigenvalue weighted by Crippen LogP contribution is 2.25.